The molecule has 1 N–H and O–H groups in total. The van der Waals surface area contributed by atoms with Crippen LogP contribution in [-0.4, -0.2) is 66.8 Å². The van der Waals surface area contributed by atoms with Crippen LogP contribution in [0.3, 0.4) is 0 Å². The number of carbonyl (C=O) groups excluding carboxylic acids is 3. The maximum Gasteiger partial charge on any atom is 0.261 e. The van der Waals surface area contributed by atoms with Crippen molar-refractivity contribution in [2.45, 2.75) is 26.7 Å². The predicted octanol–water partition coefficient (Wildman–Crippen LogP) is 3.15. The molecular weight excluding hydrogens is 404 g/mol. The van der Waals surface area contributed by atoms with Gasteiger partial charge in [0, 0.05) is 50.5 Å². The molecule has 2 aromatic carbocycles. The van der Waals surface area contributed by atoms with E-state index in [-0.39, 0.29) is 30.7 Å². The van der Waals surface area contributed by atoms with Crippen molar-refractivity contribution in [1.29, 1.82) is 0 Å². The maximum absolute atomic E-state index is 12.5. The van der Waals surface area contributed by atoms with Crippen LogP contribution >= 0.6 is 0 Å². The number of rotatable bonds is 7. The number of hydrogen-bond acceptors (Lipinski definition) is 5. The van der Waals surface area contributed by atoms with E-state index >= 15 is 0 Å². The molecule has 0 atom stereocenters. The van der Waals surface area contributed by atoms with Gasteiger partial charge < -0.3 is 15.1 Å². The lowest BCUT2D eigenvalue weighted by Crippen LogP contribution is -2.46. The summed E-state index contributed by atoms with van der Waals surface area (Å²) in [6.07, 6.45) is 0.670. The van der Waals surface area contributed by atoms with Gasteiger partial charge in [-0.3, -0.25) is 19.3 Å². The van der Waals surface area contributed by atoms with E-state index in [4.69, 9.17) is 0 Å². The van der Waals surface area contributed by atoms with Crippen molar-refractivity contribution in [2.75, 3.05) is 49.5 Å². The van der Waals surface area contributed by atoms with E-state index in [1.54, 1.807) is 24.3 Å². The molecule has 7 heteroatoms. The van der Waals surface area contributed by atoms with Crippen LogP contribution in [0.2, 0.25) is 0 Å². The van der Waals surface area contributed by atoms with E-state index in [1.807, 2.05) is 13.0 Å². The molecule has 0 unspecified atom stereocenters. The number of hydrogen-bond donors (Lipinski definition) is 1. The van der Waals surface area contributed by atoms with Gasteiger partial charge >= 0.3 is 0 Å². The fraction of sp³-hybridized carbons (Fsp3) is 0.400. The first-order valence-electron chi connectivity index (χ1n) is 11.3. The zero-order valence-electron chi connectivity index (χ0n) is 18.8. The lowest BCUT2D eigenvalue weighted by molar-refractivity contribution is -0.116. The van der Waals surface area contributed by atoms with Gasteiger partial charge in [-0.15, -0.1) is 0 Å². The molecule has 0 radical (unpaired) electrons. The average Bonchev–Trinajstić information content (AvgIpc) is 3.05. The number of piperazine rings is 1. The summed E-state index contributed by atoms with van der Waals surface area (Å²) < 4.78 is 0. The molecular formula is C25H30N4O3. The van der Waals surface area contributed by atoms with Crippen LogP contribution in [-0.2, 0) is 4.79 Å². The Bertz CT molecular complexity index is 993. The van der Waals surface area contributed by atoms with Crippen LogP contribution in [0.1, 0.15) is 46.0 Å². The van der Waals surface area contributed by atoms with E-state index < -0.39 is 0 Å². The SMILES string of the molecule is CCN1CCN(c2ccc(NC(=O)CCCN3C(=O)c4ccccc4C3=O)c(C)c2)CC1. The molecule has 3 amide bonds. The fourth-order valence-electron chi connectivity index (χ4n) is 4.36. The van der Waals surface area contributed by atoms with E-state index in [0.717, 1.165) is 44.0 Å². The molecule has 0 bridgehead atoms. The van der Waals surface area contributed by atoms with Gasteiger partial charge in [-0.05, 0) is 55.8 Å². The molecule has 1 fully saturated rings. The van der Waals surface area contributed by atoms with E-state index in [1.165, 1.54) is 10.6 Å². The lowest BCUT2D eigenvalue weighted by atomic mass is 10.1. The summed E-state index contributed by atoms with van der Waals surface area (Å²) in [6, 6.07) is 13.0. The van der Waals surface area contributed by atoms with Crippen LogP contribution in [0.4, 0.5) is 11.4 Å². The number of likely N-dealkylation sites (N-methyl/N-ethyl adjacent to an activating group) is 1. The fourth-order valence-corrected chi connectivity index (χ4v) is 4.36. The molecule has 2 heterocycles. The molecule has 32 heavy (non-hydrogen) atoms. The number of nitrogens with one attached hydrogen (secondary N) is 1. The van der Waals surface area contributed by atoms with Crippen molar-refractivity contribution in [1.82, 2.24) is 9.80 Å². The standard InChI is InChI=1S/C25H30N4O3/c1-3-27-13-15-28(16-14-27)19-10-11-22(18(2)17-19)26-23(30)9-6-12-29-24(31)20-7-4-5-8-21(20)25(29)32/h4-5,7-8,10-11,17H,3,6,9,12-16H2,1-2H3,(H,26,30). The molecule has 0 spiro atoms. The molecule has 7 nitrogen and oxygen atoms in total. The highest BCUT2D eigenvalue weighted by Crippen LogP contribution is 2.25. The number of anilines is 2. The Morgan fingerprint density at radius 3 is 2.22 bits per heavy atom. The van der Waals surface area contributed by atoms with Crippen LogP contribution in [0.15, 0.2) is 42.5 Å². The summed E-state index contributed by atoms with van der Waals surface area (Å²) >= 11 is 0. The minimum absolute atomic E-state index is 0.117. The molecule has 2 aromatic rings. The minimum atomic E-state index is -0.280. The number of aryl methyl sites for hydroxylation is 1. The van der Waals surface area contributed by atoms with Gasteiger partial charge in [-0.1, -0.05) is 19.1 Å². The van der Waals surface area contributed by atoms with Gasteiger partial charge in [0.15, 0.2) is 0 Å². The number of carbonyl (C=O) groups is 3. The molecule has 4 rings (SSSR count). The van der Waals surface area contributed by atoms with E-state index in [2.05, 4.69) is 34.2 Å². The largest absolute Gasteiger partial charge is 0.369 e. The third-order valence-electron chi connectivity index (χ3n) is 6.33. The Balaban J connectivity index is 1.27. The van der Waals surface area contributed by atoms with Crippen molar-refractivity contribution in [3.63, 3.8) is 0 Å². The number of amides is 3. The minimum Gasteiger partial charge on any atom is -0.369 e. The monoisotopic (exact) mass is 434 g/mol. The summed E-state index contributed by atoms with van der Waals surface area (Å²) in [6.45, 7) is 9.68. The van der Waals surface area contributed by atoms with Gasteiger partial charge in [0.1, 0.15) is 0 Å². The second-order valence-corrected chi connectivity index (χ2v) is 8.38. The molecule has 0 saturated carbocycles. The number of imide groups is 1. The highest BCUT2D eigenvalue weighted by atomic mass is 16.2. The van der Waals surface area contributed by atoms with E-state index in [0.29, 0.717) is 17.5 Å². The Morgan fingerprint density at radius 1 is 0.969 bits per heavy atom. The Labute approximate surface area is 189 Å². The number of benzene rings is 2. The second kappa shape index (κ2) is 9.53. The molecule has 2 aliphatic rings. The first kappa shape index (κ1) is 22.0. The van der Waals surface area contributed by atoms with Crippen LogP contribution in [0.25, 0.3) is 0 Å². The van der Waals surface area contributed by atoms with E-state index in [9.17, 15) is 14.4 Å². The van der Waals surface area contributed by atoms with Crippen molar-refractivity contribution in [3.8, 4) is 0 Å². The summed E-state index contributed by atoms with van der Waals surface area (Å²) in [4.78, 5) is 43.3. The summed E-state index contributed by atoms with van der Waals surface area (Å²) in [5.41, 5.74) is 3.88. The molecule has 0 aromatic heterocycles. The van der Waals surface area contributed by atoms with Gasteiger partial charge in [0.2, 0.25) is 5.91 Å². The lowest BCUT2D eigenvalue weighted by Gasteiger charge is -2.35. The maximum atomic E-state index is 12.5. The first-order chi connectivity index (χ1) is 15.5. The summed E-state index contributed by atoms with van der Waals surface area (Å²) in [5, 5.41) is 2.97. The summed E-state index contributed by atoms with van der Waals surface area (Å²) in [7, 11) is 0. The predicted molar refractivity (Wildman–Crippen MR) is 125 cm³/mol. The zero-order chi connectivity index (χ0) is 22.7. The number of nitrogens with zero attached hydrogens (tertiary/aromatic N) is 3. The van der Waals surface area contributed by atoms with Crippen molar-refractivity contribution in [2.24, 2.45) is 0 Å². The Morgan fingerprint density at radius 2 is 1.62 bits per heavy atom. The average molecular weight is 435 g/mol. The zero-order valence-corrected chi connectivity index (χ0v) is 18.8. The molecule has 0 aliphatic carbocycles. The third-order valence-corrected chi connectivity index (χ3v) is 6.33. The van der Waals surface area contributed by atoms with Gasteiger partial charge in [0.05, 0.1) is 11.1 Å². The Kier molecular flexibility index (Phi) is 6.55. The first-order valence-corrected chi connectivity index (χ1v) is 11.3. The van der Waals surface area contributed by atoms with Crippen LogP contribution < -0.4 is 10.2 Å². The quantitative estimate of drug-likeness (QED) is 0.678. The smallest absolute Gasteiger partial charge is 0.261 e. The van der Waals surface area contributed by atoms with Crippen LogP contribution in [0.5, 0.6) is 0 Å². The van der Waals surface area contributed by atoms with Gasteiger partial charge in [-0.2, -0.15) is 0 Å². The molecule has 168 valence electrons. The van der Waals surface area contributed by atoms with Crippen molar-refractivity contribution < 1.29 is 14.4 Å². The Hall–Kier alpha value is -3.19. The topological polar surface area (TPSA) is 73.0 Å². The molecule has 1 saturated heterocycles. The number of fused-ring (bicyclic) bond motifs is 1. The second-order valence-electron chi connectivity index (χ2n) is 8.38. The molecule has 2 aliphatic heterocycles. The third kappa shape index (κ3) is 4.53. The van der Waals surface area contributed by atoms with Gasteiger partial charge in [-0.25, -0.2) is 0 Å². The van der Waals surface area contributed by atoms with Crippen LogP contribution in [0, 0.1) is 6.92 Å². The van der Waals surface area contributed by atoms with Crippen molar-refractivity contribution in [3.05, 3.63) is 59.2 Å². The summed E-state index contributed by atoms with van der Waals surface area (Å²) in [5.74, 6) is -0.677. The highest BCUT2D eigenvalue weighted by Gasteiger charge is 2.34. The highest BCUT2D eigenvalue weighted by molar-refractivity contribution is 6.21. The van der Waals surface area contributed by atoms with Gasteiger partial charge in [0.25, 0.3) is 11.8 Å². The normalized spacial score (nSPS) is 16.4. The van der Waals surface area contributed by atoms with Crippen molar-refractivity contribution >= 4 is 29.1 Å².